The second-order valence-electron chi connectivity index (χ2n) is 15.0. The van der Waals surface area contributed by atoms with E-state index < -0.39 is 6.10 Å². The van der Waals surface area contributed by atoms with Gasteiger partial charge in [0.05, 0.1) is 6.10 Å². The van der Waals surface area contributed by atoms with Crippen molar-refractivity contribution in [3.8, 4) is 0 Å². The fraction of sp³-hybridized carbons (Fsp3) is 0.611. The third-order valence-corrected chi connectivity index (χ3v) is 11.1. The summed E-state index contributed by atoms with van der Waals surface area (Å²) in [6.45, 7) is 25.6. The minimum Gasteiger partial charge on any atom is -0.392 e. The number of hydrogen-bond acceptors (Lipinski definition) is 5. The second-order valence-corrected chi connectivity index (χ2v) is 15.0. The Bertz CT molecular complexity index is 1350. The number of nitrogens with one attached hydrogen (secondary N) is 2. The lowest BCUT2D eigenvalue weighted by Gasteiger charge is -2.44. The first-order valence-corrected chi connectivity index (χ1v) is 16.1. The number of aliphatic hydroxyl groups is 1. The highest BCUT2D eigenvalue weighted by molar-refractivity contribution is 5.92. The van der Waals surface area contributed by atoms with Crippen LogP contribution in [0.4, 0.5) is 22.7 Å². The number of aliphatic hydroxyl groups excluding tert-OH is 1. The molecular formula is C36H52N4O3. The predicted octanol–water partition coefficient (Wildman–Crippen LogP) is 7.02. The summed E-state index contributed by atoms with van der Waals surface area (Å²) in [6.07, 6.45) is 0.0773. The second kappa shape index (κ2) is 10.5. The van der Waals surface area contributed by atoms with E-state index in [4.69, 9.17) is 0 Å². The highest BCUT2D eigenvalue weighted by atomic mass is 16.3. The molecular weight excluding hydrogens is 536 g/mol. The van der Waals surface area contributed by atoms with Crippen molar-refractivity contribution < 1.29 is 14.7 Å². The monoisotopic (exact) mass is 588 g/mol. The minimum absolute atomic E-state index is 0.0830. The molecule has 0 radical (unpaired) electrons. The van der Waals surface area contributed by atoms with Gasteiger partial charge in [-0.3, -0.25) is 9.59 Å². The van der Waals surface area contributed by atoms with Gasteiger partial charge in [0.15, 0.2) is 0 Å². The summed E-state index contributed by atoms with van der Waals surface area (Å²) in [5.41, 5.74) is 8.21. The Kier molecular flexibility index (Phi) is 7.69. The van der Waals surface area contributed by atoms with Gasteiger partial charge >= 0.3 is 0 Å². The van der Waals surface area contributed by atoms with Crippen LogP contribution in [-0.2, 0) is 20.4 Å². The Morgan fingerprint density at radius 1 is 0.744 bits per heavy atom. The van der Waals surface area contributed by atoms with Gasteiger partial charge in [0.1, 0.15) is 0 Å². The van der Waals surface area contributed by atoms with Crippen molar-refractivity contribution in [2.45, 2.75) is 142 Å². The van der Waals surface area contributed by atoms with Crippen molar-refractivity contribution in [3.63, 3.8) is 0 Å². The zero-order chi connectivity index (χ0) is 31.9. The van der Waals surface area contributed by atoms with Gasteiger partial charge in [0.25, 0.3) is 0 Å². The highest BCUT2D eigenvalue weighted by Gasteiger charge is 2.49. The van der Waals surface area contributed by atoms with Gasteiger partial charge in [-0.05, 0) is 82.3 Å². The van der Waals surface area contributed by atoms with Crippen molar-refractivity contribution in [3.05, 3.63) is 46.5 Å². The van der Waals surface area contributed by atoms with E-state index in [0.717, 1.165) is 40.3 Å². The smallest absolute Gasteiger partial charge is 0.221 e. The van der Waals surface area contributed by atoms with E-state index in [2.05, 4.69) is 114 Å². The van der Waals surface area contributed by atoms with Crippen LogP contribution in [0.15, 0.2) is 24.3 Å². The van der Waals surface area contributed by atoms with Gasteiger partial charge in [0, 0.05) is 83.4 Å². The largest absolute Gasteiger partial charge is 0.392 e. The maximum atomic E-state index is 12.4. The lowest BCUT2D eigenvalue weighted by molar-refractivity contribution is -0.115. The van der Waals surface area contributed by atoms with E-state index in [9.17, 15) is 14.7 Å². The average molecular weight is 589 g/mol. The van der Waals surface area contributed by atoms with Crippen molar-refractivity contribution in [2.75, 3.05) is 20.4 Å². The molecule has 2 aromatic carbocycles. The van der Waals surface area contributed by atoms with Crippen LogP contribution in [0.5, 0.6) is 0 Å². The molecule has 3 aliphatic rings. The van der Waals surface area contributed by atoms with Crippen molar-refractivity contribution in [1.82, 2.24) is 0 Å². The molecule has 7 nitrogen and oxygen atoms in total. The fourth-order valence-electron chi connectivity index (χ4n) is 8.15. The van der Waals surface area contributed by atoms with Crippen LogP contribution in [0.3, 0.4) is 0 Å². The first-order valence-electron chi connectivity index (χ1n) is 16.1. The number of amides is 2. The van der Waals surface area contributed by atoms with Crippen LogP contribution < -0.4 is 20.4 Å². The summed E-state index contributed by atoms with van der Waals surface area (Å²) in [7, 11) is 0. The fourth-order valence-corrected chi connectivity index (χ4v) is 8.15. The molecule has 4 unspecified atom stereocenters. The molecule has 2 heterocycles. The van der Waals surface area contributed by atoms with Gasteiger partial charge in [-0.1, -0.05) is 39.8 Å². The third kappa shape index (κ3) is 4.83. The Hall–Kier alpha value is -3.06. The molecule has 5 rings (SSSR count). The predicted molar refractivity (Wildman–Crippen MR) is 178 cm³/mol. The first-order chi connectivity index (χ1) is 19.9. The lowest BCUT2D eigenvalue weighted by atomic mass is 9.64. The van der Waals surface area contributed by atoms with Gasteiger partial charge in [-0.15, -0.1) is 0 Å². The summed E-state index contributed by atoms with van der Waals surface area (Å²) < 4.78 is 0. The molecule has 1 aliphatic carbocycles. The number of hydrogen-bond donors (Lipinski definition) is 3. The maximum absolute atomic E-state index is 12.4. The number of carbonyl (C=O) groups excluding carboxylic acids is 2. The van der Waals surface area contributed by atoms with E-state index in [1.54, 1.807) is 0 Å². The molecule has 7 heteroatoms. The van der Waals surface area contributed by atoms with E-state index in [1.165, 1.54) is 25.0 Å². The molecule has 2 aliphatic heterocycles. The normalized spacial score (nSPS) is 26.8. The van der Waals surface area contributed by atoms with Crippen LogP contribution in [0.1, 0.15) is 124 Å². The molecule has 0 bridgehead atoms. The molecule has 0 spiro atoms. The SMILES string of the molecule is CC(=O)Nc1cc2c(cc1C1CC(c3cc4c(cc3NC(C)=O)N(C(C)C)C(C)C4(C)C)C1O)C(C)(C)C(C)N2C(C)C. The Balaban J connectivity index is 1.57. The van der Waals surface area contributed by atoms with E-state index >= 15 is 0 Å². The number of nitrogens with zero attached hydrogens (tertiary/aromatic N) is 2. The van der Waals surface area contributed by atoms with Crippen LogP contribution in [0.25, 0.3) is 0 Å². The lowest BCUT2D eigenvalue weighted by Crippen LogP contribution is -2.42. The molecule has 1 fully saturated rings. The summed E-state index contributed by atoms with van der Waals surface area (Å²) in [5.74, 6) is -0.501. The van der Waals surface area contributed by atoms with Gasteiger partial charge in [0.2, 0.25) is 11.8 Å². The van der Waals surface area contributed by atoms with Crippen LogP contribution in [0, 0.1) is 0 Å². The van der Waals surface area contributed by atoms with Crippen LogP contribution in [-0.4, -0.2) is 47.2 Å². The average Bonchev–Trinajstić information content (AvgIpc) is 3.19. The van der Waals surface area contributed by atoms with Crippen LogP contribution >= 0.6 is 0 Å². The molecule has 4 atom stereocenters. The Morgan fingerprint density at radius 2 is 1.09 bits per heavy atom. The number of benzene rings is 2. The molecule has 2 aromatic rings. The number of anilines is 4. The minimum atomic E-state index is -0.651. The van der Waals surface area contributed by atoms with Gasteiger partial charge < -0.3 is 25.5 Å². The maximum Gasteiger partial charge on any atom is 0.221 e. The van der Waals surface area contributed by atoms with E-state index in [-0.39, 0.29) is 34.5 Å². The quantitative estimate of drug-likeness (QED) is 0.338. The molecule has 0 saturated heterocycles. The summed E-state index contributed by atoms with van der Waals surface area (Å²) in [4.78, 5) is 29.6. The Labute approximate surface area is 258 Å². The first kappa shape index (κ1) is 31.4. The topological polar surface area (TPSA) is 84.9 Å². The van der Waals surface area contributed by atoms with Crippen molar-refractivity contribution in [1.29, 1.82) is 0 Å². The summed E-state index contributed by atoms with van der Waals surface area (Å²) in [5, 5.41) is 18.1. The number of fused-ring (bicyclic) bond motifs is 2. The van der Waals surface area contributed by atoms with Crippen molar-refractivity contribution >= 4 is 34.6 Å². The third-order valence-electron chi connectivity index (χ3n) is 11.1. The molecule has 0 aromatic heterocycles. The molecule has 1 saturated carbocycles. The molecule has 43 heavy (non-hydrogen) atoms. The highest BCUT2D eigenvalue weighted by Crippen LogP contribution is 2.57. The van der Waals surface area contributed by atoms with Gasteiger partial charge in [-0.25, -0.2) is 0 Å². The summed E-state index contributed by atoms with van der Waals surface area (Å²) in [6, 6.07) is 9.96. The van der Waals surface area contributed by atoms with E-state index in [1.807, 2.05) is 0 Å². The molecule has 2 amide bonds. The van der Waals surface area contributed by atoms with Crippen LogP contribution in [0.2, 0.25) is 0 Å². The Morgan fingerprint density at radius 3 is 1.37 bits per heavy atom. The number of carbonyl (C=O) groups is 2. The van der Waals surface area contributed by atoms with Crippen molar-refractivity contribution in [2.24, 2.45) is 0 Å². The zero-order valence-electron chi connectivity index (χ0n) is 28.2. The molecule has 3 N–H and O–H groups in total. The molecule has 234 valence electrons. The standard InChI is InChI=1S/C36H52N4O3/c1-18(2)39-20(5)35(9,10)28-14-24(30(16-32(28)39)37-22(7)41)26-13-27(34(26)43)25-15-29-33(17-31(25)38-23(8)42)40(19(3)4)21(6)36(29,11)12/h14-21,26-27,34,43H,13H2,1-12H3,(H,37,41)(H,38,42). The van der Waals surface area contributed by atoms with E-state index in [0.29, 0.717) is 24.2 Å². The summed E-state index contributed by atoms with van der Waals surface area (Å²) >= 11 is 0. The van der Waals surface area contributed by atoms with Gasteiger partial charge in [-0.2, -0.15) is 0 Å². The number of rotatable bonds is 6. The zero-order valence-corrected chi connectivity index (χ0v) is 28.2.